The minimum atomic E-state index is -0.316. The van der Waals surface area contributed by atoms with Gasteiger partial charge in [0.25, 0.3) is 0 Å². The van der Waals surface area contributed by atoms with E-state index < -0.39 is 0 Å². The number of hydrogen-bond acceptors (Lipinski definition) is 3. The summed E-state index contributed by atoms with van der Waals surface area (Å²) in [7, 11) is 1.60. The van der Waals surface area contributed by atoms with Gasteiger partial charge in [-0.15, -0.1) is 0 Å². The smallest absolute Gasteiger partial charge is 0.137 e. The van der Waals surface area contributed by atoms with E-state index in [0.29, 0.717) is 23.9 Å². The van der Waals surface area contributed by atoms with E-state index in [9.17, 15) is 5.11 Å². The number of halogens is 1. The summed E-state index contributed by atoms with van der Waals surface area (Å²) in [5.41, 5.74) is 1.08. The maximum Gasteiger partial charge on any atom is 0.137 e. The fraction of sp³-hybridized carbons (Fsp3) is 0.538. The summed E-state index contributed by atoms with van der Waals surface area (Å²) in [6.07, 6.45) is -0.316. The van der Waals surface area contributed by atoms with E-state index >= 15 is 0 Å². The molecule has 1 aromatic rings. The molecule has 0 aliphatic heterocycles. The Morgan fingerprint density at radius 1 is 1.41 bits per heavy atom. The third-order valence-electron chi connectivity index (χ3n) is 2.67. The molecule has 0 spiro atoms. The van der Waals surface area contributed by atoms with Gasteiger partial charge in [0.15, 0.2) is 0 Å². The van der Waals surface area contributed by atoms with E-state index in [1.165, 1.54) is 0 Å². The maximum atomic E-state index is 9.63. The zero-order valence-electron chi connectivity index (χ0n) is 10.5. The first-order chi connectivity index (χ1) is 8.04. The van der Waals surface area contributed by atoms with Crippen LogP contribution in [0.1, 0.15) is 19.4 Å². The van der Waals surface area contributed by atoms with E-state index in [2.05, 4.69) is 5.32 Å². The summed E-state index contributed by atoms with van der Waals surface area (Å²) in [6, 6.07) is 5.67. The molecule has 96 valence electrons. The molecule has 0 bridgehead atoms. The first-order valence-electron chi connectivity index (χ1n) is 5.75. The largest absolute Gasteiger partial charge is 0.495 e. The third kappa shape index (κ3) is 4.54. The van der Waals surface area contributed by atoms with Crippen molar-refractivity contribution in [1.82, 2.24) is 5.32 Å². The van der Waals surface area contributed by atoms with Crippen molar-refractivity contribution < 1.29 is 9.84 Å². The summed E-state index contributed by atoms with van der Waals surface area (Å²) < 4.78 is 5.08. The van der Waals surface area contributed by atoms with Crippen molar-refractivity contribution in [3.8, 4) is 5.75 Å². The normalized spacial score (nSPS) is 12.8. The van der Waals surface area contributed by atoms with Crippen LogP contribution in [0.2, 0.25) is 5.02 Å². The van der Waals surface area contributed by atoms with E-state index in [0.717, 1.165) is 5.56 Å². The standard InChI is InChI=1S/C13H20ClNO2/c1-9(2)12(16)8-15-7-10-4-5-13(17-3)11(14)6-10/h4-6,9,12,15-16H,7-8H2,1-3H3. The predicted molar refractivity (Wildman–Crippen MR) is 70.6 cm³/mol. The van der Waals surface area contributed by atoms with E-state index in [1.807, 2.05) is 32.0 Å². The van der Waals surface area contributed by atoms with Gasteiger partial charge in [0.05, 0.1) is 18.2 Å². The molecule has 0 heterocycles. The predicted octanol–water partition coefficient (Wildman–Crippen LogP) is 2.46. The summed E-state index contributed by atoms with van der Waals surface area (Å²) in [4.78, 5) is 0. The van der Waals surface area contributed by atoms with Crippen LogP contribution in [0.3, 0.4) is 0 Å². The van der Waals surface area contributed by atoms with Crippen LogP contribution in [0.5, 0.6) is 5.75 Å². The van der Waals surface area contributed by atoms with Gasteiger partial charge in [0.2, 0.25) is 0 Å². The second-order valence-electron chi connectivity index (χ2n) is 4.41. The molecule has 0 aliphatic rings. The average molecular weight is 258 g/mol. The lowest BCUT2D eigenvalue weighted by Crippen LogP contribution is -2.30. The number of hydrogen-bond donors (Lipinski definition) is 2. The second kappa shape index (κ2) is 6.84. The molecule has 2 N–H and O–H groups in total. The number of aliphatic hydroxyl groups excluding tert-OH is 1. The Labute approximate surface area is 108 Å². The van der Waals surface area contributed by atoms with E-state index in [4.69, 9.17) is 16.3 Å². The van der Waals surface area contributed by atoms with Crippen molar-refractivity contribution in [2.24, 2.45) is 5.92 Å². The maximum absolute atomic E-state index is 9.63. The third-order valence-corrected chi connectivity index (χ3v) is 2.96. The zero-order valence-corrected chi connectivity index (χ0v) is 11.3. The van der Waals surface area contributed by atoms with Crippen LogP contribution in [0.4, 0.5) is 0 Å². The summed E-state index contributed by atoms with van der Waals surface area (Å²) in [6.45, 7) is 5.27. The van der Waals surface area contributed by atoms with Crippen molar-refractivity contribution >= 4 is 11.6 Å². The Kier molecular flexibility index (Phi) is 5.75. The average Bonchev–Trinajstić information content (AvgIpc) is 2.29. The molecule has 0 amide bonds. The van der Waals surface area contributed by atoms with Gasteiger partial charge < -0.3 is 15.2 Å². The fourth-order valence-electron chi connectivity index (χ4n) is 1.42. The lowest BCUT2D eigenvalue weighted by Gasteiger charge is -2.15. The molecular formula is C13H20ClNO2. The highest BCUT2D eigenvalue weighted by Gasteiger charge is 2.08. The number of aliphatic hydroxyl groups is 1. The van der Waals surface area contributed by atoms with Gasteiger partial charge >= 0.3 is 0 Å². The van der Waals surface area contributed by atoms with Gasteiger partial charge in [-0.25, -0.2) is 0 Å². The van der Waals surface area contributed by atoms with Crippen LogP contribution in [0.15, 0.2) is 18.2 Å². The molecule has 4 heteroatoms. The first-order valence-corrected chi connectivity index (χ1v) is 6.13. The van der Waals surface area contributed by atoms with Crippen molar-refractivity contribution in [2.45, 2.75) is 26.5 Å². The molecule has 0 fully saturated rings. The topological polar surface area (TPSA) is 41.5 Å². The monoisotopic (exact) mass is 257 g/mol. The molecule has 0 saturated heterocycles. The number of benzene rings is 1. The van der Waals surface area contributed by atoms with Gasteiger partial charge in [-0.05, 0) is 23.6 Å². The molecule has 0 saturated carbocycles. The van der Waals surface area contributed by atoms with Crippen molar-refractivity contribution in [1.29, 1.82) is 0 Å². The molecule has 1 aromatic carbocycles. The lowest BCUT2D eigenvalue weighted by atomic mass is 10.1. The number of rotatable bonds is 6. The molecular weight excluding hydrogens is 238 g/mol. The van der Waals surface area contributed by atoms with Gasteiger partial charge in [-0.1, -0.05) is 31.5 Å². The Bertz CT molecular complexity index is 355. The highest BCUT2D eigenvalue weighted by molar-refractivity contribution is 6.32. The van der Waals surface area contributed by atoms with Crippen LogP contribution in [-0.4, -0.2) is 24.9 Å². The fourth-order valence-corrected chi connectivity index (χ4v) is 1.70. The number of ether oxygens (including phenoxy) is 1. The molecule has 0 aromatic heterocycles. The molecule has 17 heavy (non-hydrogen) atoms. The zero-order chi connectivity index (χ0) is 12.8. The van der Waals surface area contributed by atoms with Crippen LogP contribution in [0, 0.1) is 5.92 Å². The minimum Gasteiger partial charge on any atom is -0.495 e. The Morgan fingerprint density at radius 2 is 2.12 bits per heavy atom. The van der Waals surface area contributed by atoms with Crippen molar-refractivity contribution in [3.63, 3.8) is 0 Å². The van der Waals surface area contributed by atoms with Gasteiger partial charge in [0, 0.05) is 13.1 Å². The number of methoxy groups -OCH3 is 1. The van der Waals surface area contributed by atoms with Crippen LogP contribution < -0.4 is 10.1 Å². The lowest BCUT2D eigenvalue weighted by molar-refractivity contribution is 0.123. The summed E-state index contributed by atoms with van der Waals surface area (Å²) in [5.74, 6) is 0.944. The van der Waals surface area contributed by atoms with Gasteiger partial charge in [0.1, 0.15) is 5.75 Å². The van der Waals surface area contributed by atoms with Crippen LogP contribution in [-0.2, 0) is 6.54 Å². The summed E-state index contributed by atoms with van der Waals surface area (Å²) in [5, 5.41) is 13.4. The van der Waals surface area contributed by atoms with Gasteiger partial charge in [-0.3, -0.25) is 0 Å². The van der Waals surface area contributed by atoms with E-state index in [-0.39, 0.29) is 12.0 Å². The van der Waals surface area contributed by atoms with Crippen molar-refractivity contribution in [3.05, 3.63) is 28.8 Å². The summed E-state index contributed by atoms with van der Waals surface area (Å²) >= 11 is 6.02. The van der Waals surface area contributed by atoms with Gasteiger partial charge in [-0.2, -0.15) is 0 Å². The molecule has 1 unspecified atom stereocenters. The minimum absolute atomic E-state index is 0.266. The molecule has 3 nitrogen and oxygen atoms in total. The molecule has 1 rings (SSSR count). The quantitative estimate of drug-likeness (QED) is 0.823. The highest BCUT2D eigenvalue weighted by atomic mass is 35.5. The first kappa shape index (κ1) is 14.3. The number of nitrogens with one attached hydrogen (secondary N) is 1. The van der Waals surface area contributed by atoms with Crippen LogP contribution >= 0.6 is 11.6 Å². The molecule has 0 aliphatic carbocycles. The molecule has 0 radical (unpaired) electrons. The van der Waals surface area contributed by atoms with Crippen LogP contribution in [0.25, 0.3) is 0 Å². The molecule has 1 atom stereocenters. The van der Waals surface area contributed by atoms with Crippen molar-refractivity contribution in [2.75, 3.05) is 13.7 Å². The SMILES string of the molecule is COc1ccc(CNCC(O)C(C)C)cc1Cl. The highest BCUT2D eigenvalue weighted by Crippen LogP contribution is 2.24. The van der Waals surface area contributed by atoms with E-state index in [1.54, 1.807) is 7.11 Å². The Morgan fingerprint density at radius 3 is 2.65 bits per heavy atom. The second-order valence-corrected chi connectivity index (χ2v) is 4.82. The Balaban J connectivity index is 2.45. The Hall–Kier alpha value is -0.770.